The van der Waals surface area contributed by atoms with Crippen LogP contribution in [0.3, 0.4) is 0 Å². The fraction of sp³-hybridized carbons (Fsp3) is 0.0714. The Kier molecular flexibility index (Phi) is 4.05. The second-order valence-electron chi connectivity index (χ2n) is 4.08. The Labute approximate surface area is 114 Å². The molecule has 102 valence electrons. The van der Waals surface area contributed by atoms with Crippen molar-refractivity contribution in [3.05, 3.63) is 75.6 Å². The number of amides is 1. The van der Waals surface area contributed by atoms with Crippen molar-refractivity contribution in [2.24, 2.45) is 0 Å². The molecule has 0 spiro atoms. The van der Waals surface area contributed by atoms with Gasteiger partial charge in [-0.15, -0.1) is 0 Å². The Morgan fingerprint density at radius 1 is 1.20 bits per heavy atom. The summed E-state index contributed by atoms with van der Waals surface area (Å²) in [5.74, 6) is -0.899. The van der Waals surface area contributed by atoms with Crippen LogP contribution in [-0.4, -0.2) is 10.8 Å². The second-order valence-corrected chi connectivity index (χ2v) is 4.08. The van der Waals surface area contributed by atoms with Crippen molar-refractivity contribution >= 4 is 11.6 Å². The van der Waals surface area contributed by atoms with Crippen molar-refractivity contribution in [2.45, 2.75) is 6.54 Å². The molecule has 2 aromatic carbocycles. The molecule has 1 amide bonds. The first kappa shape index (κ1) is 13.7. The van der Waals surface area contributed by atoms with Crippen molar-refractivity contribution in [3.8, 4) is 0 Å². The molecule has 0 aliphatic rings. The third-order valence-corrected chi connectivity index (χ3v) is 2.72. The van der Waals surface area contributed by atoms with Crippen LogP contribution in [0, 0.1) is 15.9 Å². The number of halogens is 1. The maximum atomic E-state index is 13.4. The van der Waals surface area contributed by atoms with Crippen molar-refractivity contribution < 1.29 is 14.1 Å². The number of nitro groups is 1. The fourth-order valence-electron chi connectivity index (χ4n) is 1.68. The molecule has 20 heavy (non-hydrogen) atoms. The molecule has 0 atom stereocenters. The maximum Gasteiger partial charge on any atom is 0.270 e. The average Bonchev–Trinajstić information content (AvgIpc) is 2.46. The van der Waals surface area contributed by atoms with Gasteiger partial charge in [0.25, 0.3) is 11.6 Å². The van der Waals surface area contributed by atoms with E-state index in [9.17, 15) is 19.3 Å². The topological polar surface area (TPSA) is 72.2 Å². The minimum Gasteiger partial charge on any atom is -0.348 e. The fourth-order valence-corrected chi connectivity index (χ4v) is 1.68. The van der Waals surface area contributed by atoms with Crippen LogP contribution in [0.1, 0.15) is 15.9 Å². The van der Waals surface area contributed by atoms with Gasteiger partial charge in [-0.1, -0.05) is 24.3 Å². The summed E-state index contributed by atoms with van der Waals surface area (Å²) in [7, 11) is 0. The van der Waals surface area contributed by atoms with Crippen LogP contribution < -0.4 is 5.32 Å². The van der Waals surface area contributed by atoms with Gasteiger partial charge < -0.3 is 5.32 Å². The number of nitrogens with one attached hydrogen (secondary N) is 1. The molecule has 0 saturated carbocycles. The van der Waals surface area contributed by atoms with Gasteiger partial charge in [0.05, 0.1) is 4.92 Å². The second kappa shape index (κ2) is 5.92. The summed E-state index contributed by atoms with van der Waals surface area (Å²) in [6.07, 6.45) is 0. The molecule has 0 heterocycles. The minimum absolute atomic E-state index is 0.0220. The van der Waals surface area contributed by atoms with Gasteiger partial charge in [-0.3, -0.25) is 14.9 Å². The predicted molar refractivity (Wildman–Crippen MR) is 70.7 cm³/mol. The summed E-state index contributed by atoms with van der Waals surface area (Å²) in [6, 6.07) is 11.4. The highest BCUT2D eigenvalue weighted by Gasteiger charge is 2.11. The van der Waals surface area contributed by atoms with Crippen molar-refractivity contribution in [1.82, 2.24) is 5.32 Å². The largest absolute Gasteiger partial charge is 0.348 e. The molecule has 2 aromatic rings. The molecule has 0 aliphatic heterocycles. The van der Waals surface area contributed by atoms with Gasteiger partial charge in [0.2, 0.25) is 0 Å². The maximum absolute atomic E-state index is 13.4. The number of nitro benzene ring substituents is 1. The van der Waals surface area contributed by atoms with E-state index in [1.165, 1.54) is 30.3 Å². The number of carbonyl (C=O) groups is 1. The third-order valence-electron chi connectivity index (χ3n) is 2.72. The molecule has 0 saturated heterocycles. The number of hydrogen-bond acceptors (Lipinski definition) is 3. The van der Waals surface area contributed by atoms with Gasteiger partial charge in [-0.25, -0.2) is 4.39 Å². The SMILES string of the molecule is O=C(NCc1ccccc1F)c1cccc([N+](=O)[O-])c1. The number of benzene rings is 2. The first-order chi connectivity index (χ1) is 9.58. The summed E-state index contributed by atoms with van der Waals surface area (Å²) in [4.78, 5) is 21.9. The van der Waals surface area contributed by atoms with Gasteiger partial charge in [0, 0.05) is 29.8 Å². The highest BCUT2D eigenvalue weighted by atomic mass is 19.1. The molecule has 5 nitrogen and oxygen atoms in total. The van der Waals surface area contributed by atoms with Crippen molar-refractivity contribution in [3.63, 3.8) is 0 Å². The van der Waals surface area contributed by atoms with E-state index in [1.54, 1.807) is 18.2 Å². The third kappa shape index (κ3) is 3.17. The molecule has 0 unspecified atom stereocenters. The molecular weight excluding hydrogens is 263 g/mol. The van der Waals surface area contributed by atoms with Crippen LogP contribution in [0.2, 0.25) is 0 Å². The number of non-ortho nitro benzene ring substituents is 1. The lowest BCUT2D eigenvalue weighted by molar-refractivity contribution is -0.384. The van der Waals surface area contributed by atoms with Crippen LogP contribution >= 0.6 is 0 Å². The quantitative estimate of drug-likeness (QED) is 0.688. The molecule has 0 bridgehead atoms. The van der Waals surface area contributed by atoms with E-state index in [1.807, 2.05) is 0 Å². The van der Waals surface area contributed by atoms with Crippen LogP contribution in [0.25, 0.3) is 0 Å². The zero-order chi connectivity index (χ0) is 14.5. The lowest BCUT2D eigenvalue weighted by Crippen LogP contribution is -2.23. The summed E-state index contributed by atoms with van der Waals surface area (Å²) in [5.41, 5.74) is 0.352. The smallest absolute Gasteiger partial charge is 0.270 e. The molecule has 6 heteroatoms. The van der Waals surface area contributed by atoms with Gasteiger partial charge in [0.15, 0.2) is 0 Å². The summed E-state index contributed by atoms with van der Waals surface area (Å²) in [6.45, 7) is 0.0220. The van der Waals surface area contributed by atoms with Crippen LogP contribution in [0.4, 0.5) is 10.1 Å². The van der Waals surface area contributed by atoms with Crippen LogP contribution in [0.5, 0.6) is 0 Å². The zero-order valence-corrected chi connectivity index (χ0v) is 10.4. The van der Waals surface area contributed by atoms with Gasteiger partial charge in [-0.05, 0) is 12.1 Å². The van der Waals surface area contributed by atoms with E-state index >= 15 is 0 Å². The Balaban J connectivity index is 2.07. The van der Waals surface area contributed by atoms with E-state index in [4.69, 9.17) is 0 Å². The van der Waals surface area contributed by atoms with E-state index in [2.05, 4.69) is 5.32 Å². The van der Waals surface area contributed by atoms with Crippen LogP contribution in [-0.2, 0) is 6.54 Å². The van der Waals surface area contributed by atoms with Gasteiger partial charge in [-0.2, -0.15) is 0 Å². The monoisotopic (exact) mass is 274 g/mol. The molecule has 2 rings (SSSR count). The normalized spacial score (nSPS) is 10.1. The molecule has 0 aromatic heterocycles. The minimum atomic E-state index is -0.576. The van der Waals surface area contributed by atoms with Crippen molar-refractivity contribution in [2.75, 3.05) is 0 Å². The van der Waals surface area contributed by atoms with E-state index in [-0.39, 0.29) is 17.8 Å². The molecule has 0 fully saturated rings. The molecule has 0 radical (unpaired) electrons. The lowest BCUT2D eigenvalue weighted by atomic mass is 10.1. The Morgan fingerprint density at radius 3 is 2.65 bits per heavy atom. The molecule has 0 aliphatic carbocycles. The summed E-state index contributed by atoms with van der Waals surface area (Å²) in [5, 5.41) is 13.1. The Hall–Kier alpha value is -2.76. The number of hydrogen-bond donors (Lipinski definition) is 1. The number of nitrogens with zero attached hydrogens (tertiary/aromatic N) is 1. The average molecular weight is 274 g/mol. The van der Waals surface area contributed by atoms with E-state index in [0.29, 0.717) is 5.56 Å². The van der Waals surface area contributed by atoms with Crippen LogP contribution in [0.15, 0.2) is 48.5 Å². The van der Waals surface area contributed by atoms with E-state index < -0.39 is 16.6 Å². The highest BCUT2D eigenvalue weighted by molar-refractivity contribution is 5.94. The molecule has 1 N–H and O–H groups in total. The predicted octanol–water partition coefficient (Wildman–Crippen LogP) is 2.66. The Morgan fingerprint density at radius 2 is 1.95 bits per heavy atom. The van der Waals surface area contributed by atoms with Gasteiger partial charge >= 0.3 is 0 Å². The first-order valence-corrected chi connectivity index (χ1v) is 5.84. The summed E-state index contributed by atoms with van der Waals surface area (Å²) < 4.78 is 13.4. The van der Waals surface area contributed by atoms with Crippen molar-refractivity contribution in [1.29, 1.82) is 0 Å². The highest BCUT2D eigenvalue weighted by Crippen LogP contribution is 2.13. The first-order valence-electron chi connectivity index (χ1n) is 5.84. The summed E-state index contributed by atoms with van der Waals surface area (Å²) >= 11 is 0. The molecular formula is C14H11FN2O3. The number of carbonyl (C=O) groups excluding carboxylic acids is 1. The lowest BCUT2D eigenvalue weighted by Gasteiger charge is -2.06. The number of rotatable bonds is 4. The van der Waals surface area contributed by atoms with Gasteiger partial charge in [0.1, 0.15) is 5.82 Å². The standard InChI is InChI=1S/C14H11FN2O3/c15-13-7-2-1-4-11(13)9-16-14(18)10-5-3-6-12(8-10)17(19)20/h1-8H,9H2,(H,16,18). The van der Waals surface area contributed by atoms with E-state index in [0.717, 1.165) is 0 Å². The Bertz CT molecular complexity index is 658. The zero-order valence-electron chi connectivity index (χ0n) is 10.4.